The lowest BCUT2D eigenvalue weighted by molar-refractivity contribution is 0.271. The Morgan fingerprint density at radius 1 is 1.47 bits per heavy atom. The predicted octanol–water partition coefficient (Wildman–Crippen LogP) is 3.44. The van der Waals surface area contributed by atoms with Crippen molar-refractivity contribution in [3.05, 3.63) is 34.8 Å². The molecule has 5 heteroatoms. The molecule has 0 spiro atoms. The maximum Gasteiger partial charge on any atom is 0.124 e. The van der Waals surface area contributed by atoms with Crippen molar-refractivity contribution in [1.29, 1.82) is 0 Å². The molecule has 0 saturated carbocycles. The lowest BCUT2D eigenvalue weighted by Gasteiger charge is -2.05. The maximum absolute atomic E-state index is 6.13. The zero-order valence-electron chi connectivity index (χ0n) is 8.03. The monoisotopic (exact) mass is 240 g/mol. The Morgan fingerprint density at radius 3 is 2.93 bits per heavy atom. The van der Waals surface area contributed by atoms with Gasteiger partial charge in [0, 0.05) is 17.1 Å². The number of rotatable bonds is 3. The fourth-order valence-corrected chi connectivity index (χ4v) is 2.23. The van der Waals surface area contributed by atoms with Crippen molar-refractivity contribution >= 4 is 28.6 Å². The molecule has 78 valence electrons. The molecule has 15 heavy (non-hydrogen) atoms. The first kappa shape index (κ1) is 10.4. The van der Waals surface area contributed by atoms with Crippen LogP contribution in [0.15, 0.2) is 29.8 Å². The molecule has 1 aromatic heterocycles. The lowest BCUT2D eigenvalue weighted by atomic mass is 10.2. The molecule has 2 aromatic rings. The van der Waals surface area contributed by atoms with Gasteiger partial charge in [0.05, 0.1) is 17.8 Å². The Hall–Kier alpha value is -1.10. The predicted molar refractivity (Wildman–Crippen MR) is 63.2 cm³/mol. The van der Waals surface area contributed by atoms with Gasteiger partial charge in [-0.25, -0.2) is 4.98 Å². The number of halogens is 1. The SMILES string of the molecule is CONc1ccc(-c2nccs2)c(Cl)c1. The molecule has 0 aliphatic carbocycles. The number of thiazole rings is 1. The quantitative estimate of drug-likeness (QED) is 0.835. The fourth-order valence-electron chi connectivity index (χ4n) is 1.23. The van der Waals surface area contributed by atoms with Crippen molar-refractivity contribution in [2.45, 2.75) is 0 Å². The van der Waals surface area contributed by atoms with E-state index in [1.807, 2.05) is 23.6 Å². The summed E-state index contributed by atoms with van der Waals surface area (Å²) in [6.45, 7) is 0. The molecule has 0 bridgehead atoms. The number of anilines is 1. The van der Waals surface area contributed by atoms with Gasteiger partial charge in [-0.1, -0.05) is 11.6 Å². The van der Waals surface area contributed by atoms with Crippen LogP contribution in [0.4, 0.5) is 5.69 Å². The average molecular weight is 241 g/mol. The minimum absolute atomic E-state index is 0.659. The van der Waals surface area contributed by atoms with Crippen LogP contribution in [0, 0.1) is 0 Å². The summed E-state index contributed by atoms with van der Waals surface area (Å²) in [5.74, 6) is 0. The van der Waals surface area contributed by atoms with Gasteiger partial charge < -0.3 is 0 Å². The first-order valence-corrected chi connectivity index (χ1v) is 5.55. The van der Waals surface area contributed by atoms with Crippen LogP contribution in [0.2, 0.25) is 5.02 Å². The minimum Gasteiger partial charge on any atom is -0.279 e. The Morgan fingerprint density at radius 2 is 2.33 bits per heavy atom. The van der Waals surface area contributed by atoms with Crippen LogP contribution in [0.3, 0.4) is 0 Å². The molecular formula is C10H9ClN2OS. The van der Waals surface area contributed by atoms with Crippen LogP contribution in [0.1, 0.15) is 0 Å². The minimum atomic E-state index is 0.659. The molecule has 0 aliphatic heterocycles. The lowest BCUT2D eigenvalue weighted by Crippen LogP contribution is -1.95. The van der Waals surface area contributed by atoms with E-state index in [2.05, 4.69) is 10.5 Å². The normalized spacial score (nSPS) is 10.3. The number of hydrogen-bond acceptors (Lipinski definition) is 4. The first-order valence-electron chi connectivity index (χ1n) is 4.29. The molecule has 1 heterocycles. The Kier molecular flexibility index (Phi) is 3.20. The molecule has 0 fully saturated rings. The van der Waals surface area contributed by atoms with Crippen molar-refractivity contribution in [2.75, 3.05) is 12.6 Å². The Balaban J connectivity index is 2.35. The Bertz CT molecular complexity index is 445. The molecule has 0 aliphatic rings. The van der Waals surface area contributed by atoms with Crippen LogP contribution < -0.4 is 5.48 Å². The summed E-state index contributed by atoms with van der Waals surface area (Å²) in [6, 6.07) is 5.62. The van der Waals surface area contributed by atoms with Crippen molar-refractivity contribution < 1.29 is 4.84 Å². The highest BCUT2D eigenvalue weighted by Crippen LogP contribution is 2.31. The zero-order chi connectivity index (χ0) is 10.7. The fraction of sp³-hybridized carbons (Fsp3) is 0.100. The molecule has 0 radical (unpaired) electrons. The van der Waals surface area contributed by atoms with Crippen molar-refractivity contribution in [3.63, 3.8) is 0 Å². The van der Waals surface area contributed by atoms with Gasteiger partial charge in [0.15, 0.2) is 0 Å². The number of nitrogens with zero attached hydrogens (tertiary/aromatic N) is 1. The number of hydrogen-bond donors (Lipinski definition) is 1. The van der Waals surface area contributed by atoms with Gasteiger partial charge in [0.1, 0.15) is 5.01 Å². The maximum atomic E-state index is 6.13. The summed E-state index contributed by atoms with van der Waals surface area (Å²) >= 11 is 7.69. The summed E-state index contributed by atoms with van der Waals surface area (Å²) in [5.41, 5.74) is 4.48. The van der Waals surface area contributed by atoms with E-state index >= 15 is 0 Å². The van der Waals surface area contributed by atoms with Gasteiger partial charge in [-0.3, -0.25) is 10.3 Å². The summed E-state index contributed by atoms with van der Waals surface area (Å²) in [4.78, 5) is 9.00. The third-order valence-electron chi connectivity index (χ3n) is 1.85. The van der Waals surface area contributed by atoms with E-state index in [1.54, 1.807) is 24.6 Å². The van der Waals surface area contributed by atoms with Gasteiger partial charge in [-0.05, 0) is 18.2 Å². The second kappa shape index (κ2) is 4.61. The first-order chi connectivity index (χ1) is 7.31. The largest absolute Gasteiger partial charge is 0.279 e. The third kappa shape index (κ3) is 2.28. The summed E-state index contributed by atoms with van der Waals surface area (Å²) in [6.07, 6.45) is 1.76. The molecule has 0 atom stereocenters. The van der Waals surface area contributed by atoms with E-state index in [0.29, 0.717) is 5.02 Å². The molecule has 0 saturated heterocycles. The highest BCUT2D eigenvalue weighted by molar-refractivity contribution is 7.13. The molecule has 3 nitrogen and oxygen atoms in total. The van der Waals surface area contributed by atoms with Crippen molar-refractivity contribution in [2.24, 2.45) is 0 Å². The smallest absolute Gasteiger partial charge is 0.124 e. The number of aromatic nitrogens is 1. The van der Waals surface area contributed by atoms with Gasteiger partial charge in [0.2, 0.25) is 0 Å². The molecule has 0 amide bonds. The van der Waals surface area contributed by atoms with Crippen LogP contribution >= 0.6 is 22.9 Å². The van der Waals surface area contributed by atoms with E-state index in [-0.39, 0.29) is 0 Å². The molecular weight excluding hydrogens is 232 g/mol. The highest BCUT2D eigenvalue weighted by Gasteiger charge is 2.06. The second-order valence-corrected chi connectivity index (χ2v) is 4.14. The van der Waals surface area contributed by atoms with Gasteiger partial charge in [0.25, 0.3) is 0 Å². The molecule has 1 N–H and O–H groups in total. The van der Waals surface area contributed by atoms with Crippen LogP contribution in [0.5, 0.6) is 0 Å². The van der Waals surface area contributed by atoms with Crippen LogP contribution in [-0.4, -0.2) is 12.1 Å². The van der Waals surface area contributed by atoms with Crippen molar-refractivity contribution in [1.82, 2.24) is 4.98 Å². The van der Waals surface area contributed by atoms with Crippen LogP contribution in [-0.2, 0) is 4.84 Å². The van der Waals surface area contributed by atoms with Crippen LogP contribution in [0.25, 0.3) is 10.6 Å². The van der Waals surface area contributed by atoms with E-state index in [0.717, 1.165) is 16.3 Å². The van der Waals surface area contributed by atoms with E-state index in [4.69, 9.17) is 16.4 Å². The standard InChI is InChI=1S/C10H9ClN2OS/c1-14-13-7-2-3-8(9(11)6-7)10-12-4-5-15-10/h2-6,13H,1H3. The molecule has 2 rings (SSSR count). The average Bonchev–Trinajstić information content (AvgIpc) is 2.71. The van der Waals surface area contributed by atoms with E-state index in [1.165, 1.54) is 0 Å². The third-order valence-corrected chi connectivity index (χ3v) is 2.97. The van der Waals surface area contributed by atoms with Crippen molar-refractivity contribution in [3.8, 4) is 10.6 Å². The summed E-state index contributed by atoms with van der Waals surface area (Å²) in [7, 11) is 1.56. The number of benzene rings is 1. The Labute approximate surface area is 96.6 Å². The van der Waals surface area contributed by atoms with Gasteiger partial charge >= 0.3 is 0 Å². The molecule has 0 unspecified atom stereocenters. The van der Waals surface area contributed by atoms with E-state index in [9.17, 15) is 0 Å². The molecule has 1 aromatic carbocycles. The van der Waals surface area contributed by atoms with Gasteiger partial charge in [-0.2, -0.15) is 0 Å². The second-order valence-electron chi connectivity index (χ2n) is 2.84. The summed E-state index contributed by atoms with van der Waals surface area (Å²) in [5, 5.41) is 3.50. The number of nitrogens with one attached hydrogen (secondary N) is 1. The highest BCUT2D eigenvalue weighted by atomic mass is 35.5. The van der Waals surface area contributed by atoms with Gasteiger partial charge in [-0.15, -0.1) is 11.3 Å². The summed E-state index contributed by atoms with van der Waals surface area (Å²) < 4.78 is 0. The zero-order valence-corrected chi connectivity index (χ0v) is 9.60. The van der Waals surface area contributed by atoms with E-state index < -0.39 is 0 Å². The topological polar surface area (TPSA) is 34.1 Å².